The van der Waals surface area contributed by atoms with Gasteiger partial charge in [0.25, 0.3) is 0 Å². The highest BCUT2D eigenvalue weighted by atomic mass is 16.3. The lowest BCUT2D eigenvalue weighted by atomic mass is 10.1. The molecule has 1 aliphatic heterocycles. The van der Waals surface area contributed by atoms with E-state index in [-0.39, 0.29) is 0 Å². The van der Waals surface area contributed by atoms with E-state index in [1.54, 1.807) is 4.52 Å². The van der Waals surface area contributed by atoms with Crippen LogP contribution in [0.5, 0.6) is 0 Å². The van der Waals surface area contributed by atoms with Crippen LogP contribution >= 0.6 is 0 Å². The number of aromatic nitrogens is 4. The molecule has 0 aromatic carbocycles. The van der Waals surface area contributed by atoms with E-state index in [0.717, 1.165) is 36.9 Å². The summed E-state index contributed by atoms with van der Waals surface area (Å²) in [5.74, 6) is 1.75. The molecule has 0 radical (unpaired) electrons. The Bertz CT molecular complexity index is 662. The predicted molar refractivity (Wildman–Crippen MR) is 85.1 cm³/mol. The second-order valence-electron chi connectivity index (χ2n) is 6.79. The van der Waals surface area contributed by atoms with Gasteiger partial charge in [-0.25, -0.2) is 0 Å². The fourth-order valence-electron chi connectivity index (χ4n) is 2.99. The molecular formula is C15H24N6O. The van der Waals surface area contributed by atoms with Crippen LogP contribution in [0.2, 0.25) is 0 Å². The van der Waals surface area contributed by atoms with E-state index in [1.165, 1.54) is 0 Å². The van der Waals surface area contributed by atoms with Gasteiger partial charge >= 0.3 is 0 Å². The fraction of sp³-hybridized carbons (Fsp3) is 0.667. The van der Waals surface area contributed by atoms with Crippen molar-refractivity contribution in [2.24, 2.45) is 0 Å². The number of hydrogen-bond donors (Lipinski definition) is 1. The first-order valence-corrected chi connectivity index (χ1v) is 7.74. The molecule has 22 heavy (non-hydrogen) atoms. The minimum Gasteiger partial charge on any atom is -0.389 e. The Morgan fingerprint density at radius 2 is 2.05 bits per heavy atom. The van der Waals surface area contributed by atoms with Crippen LogP contribution in [0.1, 0.15) is 26.6 Å². The van der Waals surface area contributed by atoms with E-state index < -0.39 is 5.60 Å². The van der Waals surface area contributed by atoms with Gasteiger partial charge in [0.15, 0.2) is 11.5 Å². The van der Waals surface area contributed by atoms with Gasteiger partial charge in [0, 0.05) is 32.2 Å². The van der Waals surface area contributed by atoms with Crippen LogP contribution in [0.3, 0.4) is 0 Å². The Morgan fingerprint density at radius 3 is 2.73 bits per heavy atom. The lowest BCUT2D eigenvalue weighted by Gasteiger charge is -2.42. The standard InChI is InChI=1S/C15H24N6O/c1-11-9-19(7-8-20(11)10-15(3,4)22)14-6-5-13-17-16-12(2)21(13)18-14/h5-6,11,22H,7-10H2,1-4H3. The molecule has 1 unspecified atom stereocenters. The van der Waals surface area contributed by atoms with Crippen LogP contribution < -0.4 is 4.90 Å². The summed E-state index contributed by atoms with van der Waals surface area (Å²) < 4.78 is 1.78. The normalized spacial score (nSPS) is 20.8. The molecule has 0 spiro atoms. The van der Waals surface area contributed by atoms with Crippen molar-refractivity contribution in [1.82, 2.24) is 24.7 Å². The third kappa shape index (κ3) is 3.05. The van der Waals surface area contributed by atoms with E-state index in [2.05, 4.69) is 32.0 Å². The lowest BCUT2D eigenvalue weighted by Crippen LogP contribution is -2.55. The van der Waals surface area contributed by atoms with Gasteiger partial charge in [0.1, 0.15) is 5.82 Å². The Hall–Kier alpha value is -1.73. The van der Waals surface area contributed by atoms with Gasteiger partial charge in [0.05, 0.1) is 5.60 Å². The lowest BCUT2D eigenvalue weighted by molar-refractivity contribution is 0.0200. The van der Waals surface area contributed by atoms with Crippen LogP contribution in [0.4, 0.5) is 5.82 Å². The van der Waals surface area contributed by atoms with E-state index in [0.29, 0.717) is 12.6 Å². The van der Waals surface area contributed by atoms with Crippen molar-refractivity contribution in [1.29, 1.82) is 0 Å². The van der Waals surface area contributed by atoms with Gasteiger partial charge in [-0.15, -0.1) is 15.3 Å². The summed E-state index contributed by atoms with van der Waals surface area (Å²) in [6.07, 6.45) is 0. The van der Waals surface area contributed by atoms with Crippen molar-refractivity contribution in [3.8, 4) is 0 Å². The van der Waals surface area contributed by atoms with Crippen LogP contribution in [0.15, 0.2) is 12.1 Å². The van der Waals surface area contributed by atoms with E-state index in [4.69, 9.17) is 0 Å². The van der Waals surface area contributed by atoms with Gasteiger partial charge in [-0.05, 0) is 39.8 Å². The van der Waals surface area contributed by atoms with Crippen molar-refractivity contribution in [2.75, 3.05) is 31.1 Å². The zero-order valence-electron chi connectivity index (χ0n) is 13.7. The van der Waals surface area contributed by atoms with Crippen molar-refractivity contribution < 1.29 is 5.11 Å². The van der Waals surface area contributed by atoms with E-state index >= 15 is 0 Å². The molecule has 0 amide bonds. The number of fused-ring (bicyclic) bond motifs is 1. The van der Waals surface area contributed by atoms with Gasteiger partial charge in [0.2, 0.25) is 0 Å². The largest absolute Gasteiger partial charge is 0.389 e. The number of rotatable bonds is 3. The van der Waals surface area contributed by atoms with Gasteiger partial charge < -0.3 is 10.0 Å². The molecule has 1 aliphatic rings. The highest BCUT2D eigenvalue weighted by molar-refractivity contribution is 5.46. The molecule has 3 rings (SSSR count). The maximum Gasteiger partial charge on any atom is 0.178 e. The van der Waals surface area contributed by atoms with Crippen LogP contribution in [-0.4, -0.2) is 67.6 Å². The molecule has 2 aromatic rings. The summed E-state index contributed by atoms with van der Waals surface area (Å²) in [5.41, 5.74) is 0.114. The highest BCUT2D eigenvalue weighted by Crippen LogP contribution is 2.19. The van der Waals surface area contributed by atoms with Crippen molar-refractivity contribution in [3.05, 3.63) is 18.0 Å². The monoisotopic (exact) mass is 304 g/mol. The highest BCUT2D eigenvalue weighted by Gasteiger charge is 2.28. The summed E-state index contributed by atoms with van der Waals surface area (Å²) in [4.78, 5) is 4.61. The quantitative estimate of drug-likeness (QED) is 0.901. The first kappa shape index (κ1) is 15.2. The van der Waals surface area contributed by atoms with Gasteiger partial charge in [-0.1, -0.05) is 0 Å². The summed E-state index contributed by atoms with van der Waals surface area (Å²) in [6, 6.07) is 4.33. The molecule has 7 nitrogen and oxygen atoms in total. The number of β-amino-alcohol motifs (C(OH)–C–C–N with tert-alkyl or cyclic N) is 1. The first-order valence-electron chi connectivity index (χ1n) is 7.74. The summed E-state index contributed by atoms with van der Waals surface area (Å²) >= 11 is 0. The minimum atomic E-state index is -0.660. The summed E-state index contributed by atoms with van der Waals surface area (Å²) in [7, 11) is 0. The average Bonchev–Trinajstić information content (AvgIpc) is 2.81. The van der Waals surface area contributed by atoms with Crippen molar-refractivity contribution in [2.45, 2.75) is 39.3 Å². The molecule has 2 aromatic heterocycles. The molecular weight excluding hydrogens is 280 g/mol. The topological polar surface area (TPSA) is 69.8 Å². The maximum atomic E-state index is 10.0. The van der Waals surface area contributed by atoms with Gasteiger partial charge in [-0.2, -0.15) is 4.52 Å². The predicted octanol–water partition coefficient (Wildman–Crippen LogP) is 0.714. The molecule has 1 atom stereocenters. The average molecular weight is 304 g/mol. The zero-order chi connectivity index (χ0) is 15.9. The smallest absolute Gasteiger partial charge is 0.178 e. The second-order valence-corrected chi connectivity index (χ2v) is 6.79. The second kappa shape index (κ2) is 5.48. The molecule has 7 heteroatoms. The molecule has 0 aliphatic carbocycles. The number of hydrogen-bond acceptors (Lipinski definition) is 6. The number of nitrogens with zero attached hydrogens (tertiary/aromatic N) is 6. The number of aryl methyl sites for hydroxylation is 1. The van der Waals surface area contributed by atoms with Gasteiger partial charge in [-0.3, -0.25) is 4.90 Å². The Labute approximate surface area is 130 Å². The van der Waals surface area contributed by atoms with E-state index in [1.807, 2.05) is 32.9 Å². The molecule has 1 N–H and O–H groups in total. The Balaban J connectivity index is 1.75. The third-order valence-electron chi connectivity index (χ3n) is 4.08. The fourth-order valence-corrected chi connectivity index (χ4v) is 2.99. The molecule has 120 valence electrons. The van der Waals surface area contributed by atoms with Crippen LogP contribution in [-0.2, 0) is 0 Å². The molecule has 1 saturated heterocycles. The summed E-state index contributed by atoms with van der Waals surface area (Å²) in [6.45, 7) is 11.2. The van der Waals surface area contributed by atoms with Crippen LogP contribution in [0, 0.1) is 6.92 Å². The van der Waals surface area contributed by atoms with Crippen molar-refractivity contribution >= 4 is 11.5 Å². The van der Waals surface area contributed by atoms with Crippen molar-refractivity contribution in [3.63, 3.8) is 0 Å². The molecule has 1 fully saturated rings. The molecule has 0 bridgehead atoms. The first-order chi connectivity index (χ1) is 10.3. The summed E-state index contributed by atoms with van der Waals surface area (Å²) in [5, 5.41) is 22.8. The Morgan fingerprint density at radius 1 is 1.27 bits per heavy atom. The van der Waals surface area contributed by atoms with Crippen LogP contribution in [0.25, 0.3) is 5.65 Å². The third-order valence-corrected chi connectivity index (χ3v) is 4.08. The number of aliphatic hydroxyl groups is 1. The maximum absolute atomic E-state index is 10.0. The number of piperazine rings is 1. The SMILES string of the molecule is Cc1nnc2ccc(N3CCN(CC(C)(C)O)C(C)C3)nn12. The zero-order valence-corrected chi connectivity index (χ0v) is 13.7. The molecule has 0 saturated carbocycles. The number of anilines is 1. The molecule has 3 heterocycles. The minimum absolute atomic E-state index is 0.375. The van der Waals surface area contributed by atoms with E-state index in [9.17, 15) is 5.11 Å². The Kier molecular flexibility index (Phi) is 3.78.